The van der Waals surface area contributed by atoms with Gasteiger partial charge in [0.05, 0.1) is 6.10 Å². The molecular weight excluding hydrogens is 377 g/mol. The molecule has 0 aromatic heterocycles. The fraction of sp³-hybridized carbons (Fsp3) is 0.577. The van der Waals surface area contributed by atoms with Gasteiger partial charge in [-0.1, -0.05) is 38.5 Å². The van der Waals surface area contributed by atoms with Crippen molar-refractivity contribution >= 4 is 11.6 Å². The number of hydrogen-bond acceptors (Lipinski definition) is 2. The topological polar surface area (TPSA) is 49.3 Å². The lowest BCUT2D eigenvalue weighted by atomic mass is 9.46. The van der Waals surface area contributed by atoms with Crippen molar-refractivity contribution < 1.29 is 14.3 Å². The van der Waals surface area contributed by atoms with E-state index in [4.69, 9.17) is 0 Å². The maximum atomic E-state index is 13.0. The van der Waals surface area contributed by atoms with Crippen LogP contribution in [0, 0.1) is 28.5 Å². The van der Waals surface area contributed by atoms with Crippen LogP contribution in [0.4, 0.5) is 10.1 Å². The van der Waals surface area contributed by atoms with Crippen molar-refractivity contribution in [3.05, 3.63) is 53.9 Å². The van der Waals surface area contributed by atoms with Crippen LogP contribution in [0.2, 0.25) is 0 Å². The van der Waals surface area contributed by atoms with Crippen LogP contribution in [-0.4, -0.2) is 17.1 Å². The monoisotopic (exact) mass is 413 g/mol. The Morgan fingerprint density at radius 1 is 1.27 bits per heavy atom. The van der Waals surface area contributed by atoms with E-state index >= 15 is 0 Å². The zero-order valence-electron chi connectivity index (χ0n) is 18.8. The van der Waals surface area contributed by atoms with Crippen LogP contribution >= 0.6 is 0 Å². The van der Waals surface area contributed by atoms with Gasteiger partial charge in [0.1, 0.15) is 5.82 Å². The van der Waals surface area contributed by atoms with Gasteiger partial charge in [-0.15, -0.1) is 0 Å². The molecule has 2 aliphatic carbocycles. The van der Waals surface area contributed by atoms with Gasteiger partial charge in [-0.2, -0.15) is 0 Å². The second-order valence-electron chi connectivity index (χ2n) is 10.2. The first-order valence-corrected chi connectivity index (χ1v) is 11.1. The van der Waals surface area contributed by atoms with E-state index in [1.54, 1.807) is 18.2 Å². The summed E-state index contributed by atoms with van der Waals surface area (Å²) in [6, 6.07) is 5.78. The van der Waals surface area contributed by atoms with Crippen LogP contribution in [-0.2, 0) is 4.79 Å². The SMILES string of the molecule is C=C1CC[C@@H]2C(C)(C)[C@H](O)CC[C@@]2(C)[C@@H]1CCC(C)=CC(=O)Nc1ccc(F)cc1. The molecule has 1 amide bonds. The molecule has 30 heavy (non-hydrogen) atoms. The van der Waals surface area contributed by atoms with Crippen LogP contribution in [0.3, 0.4) is 0 Å². The summed E-state index contributed by atoms with van der Waals surface area (Å²) in [5.74, 6) is 0.382. The minimum atomic E-state index is -0.322. The highest BCUT2D eigenvalue weighted by atomic mass is 19.1. The van der Waals surface area contributed by atoms with Crippen LogP contribution in [0.25, 0.3) is 0 Å². The van der Waals surface area contributed by atoms with Gasteiger partial charge >= 0.3 is 0 Å². The molecule has 0 unspecified atom stereocenters. The largest absolute Gasteiger partial charge is 0.393 e. The Morgan fingerprint density at radius 2 is 1.93 bits per heavy atom. The molecule has 1 aromatic rings. The zero-order valence-corrected chi connectivity index (χ0v) is 18.8. The Bertz CT molecular complexity index is 826. The van der Waals surface area contributed by atoms with E-state index in [0.717, 1.165) is 44.1 Å². The van der Waals surface area contributed by atoms with Crippen molar-refractivity contribution in [1.29, 1.82) is 0 Å². The lowest BCUT2D eigenvalue weighted by molar-refractivity contribution is -0.124. The minimum absolute atomic E-state index is 0.0775. The summed E-state index contributed by atoms with van der Waals surface area (Å²) in [6.45, 7) is 13.2. The van der Waals surface area contributed by atoms with Crippen LogP contribution < -0.4 is 5.32 Å². The van der Waals surface area contributed by atoms with Crippen molar-refractivity contribution in [3.8, 4) is 0 Å². The van der Waals surface area contributed by atoms with Crippen LogP contribution in [0.5, 0.6) is 0 Å². The Balaban J connectivity index is 1.65. The molecule has 0 radical (unpaired) electrons. The first-order chi connectivity index (χ1) is 14.0. The number of nitrogens with one attached hydrogen (secondary N) is 1. The average molecular weight is 414 g/mol. The number of aliphatic hydroxyl groups excluding tert-OH is 1. The first-order valence-electron chi connectivity index (χ1n) is 11.1. The fourth-order valence-corrected chi connectivity index (χ4v) is 6.08. The number of amides is 1. The van der Waals surface area contributed by atoms with Gasteiger partial charge in [-0.3, -0.25) is 4.79 Å². The number of fused-ring (bicyclic) bond motifs is 1. The summed E-state index contributed by atoms with van der Waals surface area (Å²) in [6.07, 6.45) is 7.22. The van der Waals surface area contributed by atoms with Gasteiger partial charge in [0, 0.05) is 11.8 Å². The normalized spacial score (nSPS) is 31.2. The minimum Gasteiger partial charge on any atom is -0.393 e. The van der Waals surface area contributed by atoms with Crippen molar-refractivity contribution in [2.45, 2.75) is 72.3 Å². The molecule has 2 fully saturated rings. The summed E-state index contributed by atoms with van der Waals surface area (Å²) in [5, 5.41) is 13.4. The van der Waals surface area contributed by atoms with Gasteiger partial charge in [0.25, 0.3) is 0 Å². The molecule has 0 bridgehead atoms. The lowest BCUT2D eigenvalue weighted by Gasteiger charge is -2.59. The zero-order chi connectivity index (χ0) is 22.1. The third-order valence-electron chi connectivity index (χ3n) is 7.87. The second kappa shape index (κ2) is 8.66. The van der Waals surface area contributed by atoms with Gasteiger partial charge < -0.3 is 10.4 Å². The highest BCUT2D eigenvalue weighted by molar-refractivity contribution is 5.99. The molecular formula is C26H36FNO2. The van der Waals surface area contributed by atoms with E-state index in [1.807, 2.05) is 6.92 Å². The molecule has 1 aromatic carbocycles. The number of rotatable bonds is 5. The van der Waals surface area contributed by atoms with Crippen molar-refractivity contribution in [2.24, 2.45) is 22.7 Å². The van der Waals surface area contributed by atoms with E-state index in [2.05, 4.69) is 32.7 Å². The van der Waals surface area contributed by atoms with Gasteiger partial charge in [0.2, 0.25) is 5.91 Å². The fourth-order valence-electron chi connectivity index (χ4n) is 6.08. The van der Waals surface area contributed by atoms with Crippen molar-refractivity contribution in [3.63, 3.8) is 0 Å². The first kappa shape index (κ1) is 22.7. The van der Waals surface area contributed by atoms with Gasteiger partial charge in [-0.25, -0.2) is 4.39 Å². The molecule has 4 heteroatoms. The smallest absolute Gasteiger partial charge is 0.248 e. The predicted octanol–water partition coefficient (Wildman–Crippen LogP) is 6.26. The Hall–Kier alpha value is -1.94. The number of halogens is 1. The molecule has 164 valence electrons. The van der Waals surface area contributed by atoms with E-state index in [-0.39, 0.29) is 28.7 Å². The Kier molecular flexibility index (Phi) is 6.57. The molecule has 0 spiro atoms. The third-order valence-corrected chi connectivity index (χ3v) is 7.87. The molecule has 2 saturated carbocycles. The molecule has 2 aliphatic rings. The molecule has 0 aliphatic heterocycles. The quantitative estimate of drug-likeness (QED) is 0.442. The van der Waals surface area contributed by atoms with Crippen LogP contribution in [0.15, 0.2) is 48.1 Å². The van der Waals surface area contributed by atoms with E-state index in [9.17, 15) is 14.3 Å². The molecule has 0 saturated heterocycles. The number of carbonyl (C=O) groups is 1. The molecule has 4 atom stereocenters. The maximum Gasteiger partial charge on any atom is 0.248 e. The Labute approximate surface area is 180 Å². The number of carbonyl (C=O) groups excluding carboxylic acids is 1. The summed E-state index contributed by atoms with van der Waals surface area (Å²) in [5.41, 5.74) is 3.01. The molecule has 0 heterocycles. The predicted molar refractivity (Wildman–Crippen MR) is 121 cm³/mol. The standard InChI is InChI=1S/C26H36FNO2/c1-17(16-24(30)28-20-10-8-19(27)9-11-20)6-12-21-18(2)7-13-22-25(3,4)23(29)14-15-26(21,22)5/h8-11,16,21-23,29H,2,6-7,12-15H2,1,3-5H3,(H,28,30)/t21-,22-,23-,26+/m1/s1. The average Bonchev–Trinajstić information content (AvgIpc) is 2.66. The molecule has 2 N–H and O–H groups in total. The highest BCUT2D eigenvalue weighted by Crippen LogP contribution is 2.61. The molecule has 3 rings (SSSR count). The summed E-state index contributed by atoms with van der Waals surface area (Å²) in [4.78, 5) is 12.3. The second-order valence-corrected chi connectivity index (χ2v) is 10.2. The summed E-state index contributed by atoms with van der Waals surface area (Å²) >= 11 is 0. The maximum absolute atomic E-state index is 13.0. The third kappa shape index (κ3) is 4.54. The van der Waals surface area contributed by atoms with E-state index < -0.39 is 0 Å². The van der Waals surface area contributed by atoms with Gasteiger partial charge in [0.15, 0.2) is 0 Å². The van der Waals surface area contributed by atoms with Crippen molar-refractivity contribution in [2.75, 3.05) is 5.32 Å². The number of benzene rings is 1. The number of aliphatic hydroxyl groups is 1. The number of allylic oxidation sites excluding steroid dienone is 2. The van der Waals surface area contributed by atoms with Crippen molar-refractivity contribution in [1.82, 2.24) is 0 Å². The number of anilines is 1. The Morgan fingerprint density at radius 3 is 2.60 bits per heavy atom. The summed E-state index contributed by atoms with van der Waals surface area (Å²) < 4.78 is 13.0. The lowest BCUT2D eigenvalue weighted by Crippen LogP contribution is -2.54. The van der Waals surface area contributed by atoms with Crippen LogP contribution in [0.1, 0.15) is 66.2 Å². The summed E-state index contributed by atoms with van der Waals surface area (Å²) in [7, 11) is 0. The highest BCUT2D eigenvalue weighted by Gasteiger charge is 2.55. The number of hydrogen-bond donors (Lipinski definition) is 2. The molecule has 3 nitrogen and oxygen atoms in total. The van der Waals surface area contributed by atoms with E-state index in [1.165, 1.54) is 17.7 Å². The van der Waals surface area contributed by atoms with Gasteiger partial charge in [-0.05, 0) is 92.4 Å². The van der Waals surface area contributed by atoms with E-state index in [0.29, 0.717) is 17.5 Å².